The molecule has 2 amide bonds. The van der Waals surface area contributed by atoms with E-state index in [1.165, 1.54) is 4.90 Å². The molecule has 6 nitrogen and oxygen atoms in total. The van der Waals surface area contributed by atoms with Gasteiger partial charge in [-0.15, -0.1) is 0 Å². The molecule has 1 radical (unpaired) electrons. The van der Waals surface area contributed by atoms with Crippen molar-refractivity contribution in [1.29, 1.82) is 0 Å². The number of hydrogen-bond acceptors (Lipinski definition) is 3. The molecule has 1 fully saturated rings. The summed E-state index contributed by atoms with van der Waals surface area (Å²) < 4.78 is 7.69. The van der Waals surface area contributed by atoms with Gasteiger partial charge in [-0.05, 0) is 6.92 Å². The largest absolute Gasteiger partial charge is 0.665 e. The molecule has 1 N–H and O–H groups in total. The van der Waals surface area contributed by atoms with Crippen LogP contribution in [0.3, 0.4) is 0 Å². The van der Waals surface area contributed by atoms with Gasteiger partial charge >= 0.3 is 0 Å². The van der Waals surface area contributed by atoms with Gasteiger partial charge in [-0.1, -0.05) is 6.47 Å². The van der Waals surface area contributed by atoms with Crippen LogP contribution >= 0.6 is 0 Å². The minimum absolute atomic E-state index is 0. The molecule has 0 aromatic carbocycles. The summed E-state index contributed by atoms with van der Waals surface area (Å²) in [6.07, 6.45) is 0. The number of piperazine rings is 1. The van der Waals surface area contributed by atoms with Gasteiger partial charge < -0.3 is 24.5 Å². The molecule has 1 aliphatic heterocycles. The van der Waals surface area contributed by atoms with Crippen LogP contribution in [-0.2, 0) is 47.1 Å². The van der Waals surface area contributed by atoms with Crippen LogP contribution in [0.15, 0.2) is 0 Å². The molecule has 0 bridgehead atoms. The van der Waals surface area contributed by atoms with Gasteiger partial charge in [0.05, 0.1) is 13.8 Å². The third kappa shape index (κ3) is 6.35. The van der Waals surface area contributed by atoms with Crippen LogP contribution in [-0.4, -0.2) is 59.3 Å². The fourth-order valence-electron chi connectivity index (χ4n) is 1.38. The second-order valence-corrected chi connectivity index (χ2v) is 3.64. The van der Waals surface area contributed by atoms with E-state index in [-0.39, 0.29) is 44.5 Å². The minimum Gasteiger partial charge on any atom is -0.665 e. The van der Waals surface area contributed by atoms with Crippen LogP contribution in [0.25, 0.3) is 0 Å². The first kappa shape index (κ1) is 17.4. The van der Waals surface area contributed by atoms with E-state index < -0.39 is 6.52 Å². The predicted octanol–water partition coefficient (Wildman–Crippen LogP) is -0.0995. The standard InChI is InChI=1S/C10H17N2O2.CHO2.Y/c1-4-11-5-6-12(7-9(11)13)10(14)8(2)3;2-1-3;/h4-7H2,1-3H3;(H,2,3);/q2*-1;/i7D;;. The predicted molar refractivity (Wildman–Crippen MR) is 61.7 cm³/mol. The summed E-state index contributed by atoms with van der Waals surface area (Å²) in [7, 11) is 0. The Hall–Kier alpha value is -0.616. The molecular formula is C11H18N2O4Y-2. The molecule has 1 unspecified atom stereocenters. The van der Waals surface area contributed by atoms with Crippen LogP contribution in [0.5, 0.6) is 0 Å². The Balaban J connectivity index is 0. The van der Waals surface area contributed by atoms with Crippen molar-refractivity contribution in [2.45, 2.75) is 20.8 Å². The van der Waals surface area contributed by atoms with E-state index in [0.717, 1.165) is 0 Å². The van der Waals surface area contributed by atoms with Gasteiger partial charge in [0.25, 0.3) is 0 Å². The van der Waals surface area contributed by atoms with Crippen molar-refractivity contribution < 1.29 is 53.6 Å². The zero-order chi connectivity index (χ0) is 14.3. The van der Waals surface area contributed by atoms with Gasteiger partial charge in [0.1, 0.15) is 0 Å². The molecule has 0 aromatic rings. The first-order valence-electron chi connectivity index (χ1n) is 5.81. The van der Waals surface area contributed by atoms with Gasteiger partial charge in [0.15, 0.2) is 0 Å². The quantitative estimate of drug-likeness (QED) is 0.717. The van der Waals surface area contributed by atoms with Gasteiger partial charge in [-0.2, -0.15) is 13.8 Å². The van der Waals surface area contributed by atoms with Crippen molar-refractivity contribution >= 4 is 18.3 Å². The van der Waals surface area contributed by atoms with Gasteiger partial charge in [-0.25, -0.2) is 0 Å². The molecule has 1 rings (SSSR count). The van der Waals surface area contributed by atoms with E-state index in [1.54, 1.807) is 18.7 Å². The molecule has 0 aromatic heterocycles. The van der Waals surface area contributed by atoms with Gasteiger partial charge in [0.2, 0.25) is 5.91 Å². The topological polar surface area (TPSA) is 77.9 Å². The summed E-state index contributed by atoms with van der Waals surface area (Å²) in [5.74, 6) is 0.141. The van der Waals surface area contributed by atoms with Crippen molar-refractivity contribution in [1.82, 2.24) is 9.80 Å². The molecule has 18 heavy (non-hydrogen) atoms. The SMILES string of the molecule is O=[C-]O.[2H]C1C(=O)N(CC)CCN1C(=O)[C-](C)C.[Y]. The average Bonchev–Trinajstić information content (AvgIpc) is 2.32. The summed E-state index contributed by atoms with van der Waals surface area (Å²) >= 11 is 0. The third-order valence-corrected chi connectivity index (χ3v) is 2.26. The number of carbonyl (C=O) groups is 2. The zero-order valence-electron chi connectivity index (χ0n) is 11.8. The Morgan fingerprint density at radius 2 is 2.06 bits per heavy atom. The van der Waals surface area contributed by atoms with E-state index in [1.807, 2.05) is 6.92 Å². The molecule has 1 saturated heterocycles. The van der Waals surface area contributed by atoms with Crippen LogP contribution in [0.1, 0.15) is 22.1 Å². The molecule has 101 valence electrons. The third-order valence-electron chi connectivity index (χ3n) is 2.26. The van der Waals surface area contributed by atoms with Gasteiger partial charge in [0, 0.05) is 52.3 Å². The molecule has 1 heterocycles. The first-order valence-corrected chi connectivity index (χ1v) is 5.24. The monoisotopic (exact) mass is 332 g/mol. The number of likely N-dealkylation sites (N-methyl/N-ethyl adjacent to an activating group) is 1. The van der Waals surface area contributed by atoms with Crippen LogP contribution < -0.4 is 0 Å². The van der Waals surface area contributed by atoms with E-state index in [4.69, 9.17) is 11.3 Å². The molecular weight excluding hydrogens is 313 g/mol. The van der Waals surface area contributed by atoms with E-state index >= 15 is 0 Å². The normalized spacial score (nSPS) is 18.9. The molecule has 0 spiro atoms. The number of rotatable bonds is 2. The number of amides is 2. The smallest absolute Gasteiger partial charge is 0.242 e. The van der Waals surface area contributed by atoms with Crippen molar-refractivity contribution in [3.63, 3.8) is 0 Å². The first-order chi connectivity index (χ1) is 8.40. The van der Waals surface area contributed by atoms with Crippen LogP contribution in [0.2, 0.25) is 0 Å². The Labute approximate surface area is 134 Å². The van der Waals surface area contributed by atoms with Gasteiger partial charge in [-0.3, -0.25) is 10.7 Å². The molecule has 7 heteroatoms. The summed E-state index contributed by atoms with van der Waals surface area (Å²) in [6, 6.07) is 0. The van der Waals surface area contributed by atoms with Crippen LogP contribution in [0.4, 0.5) is 0 Å². The number of carbonyl (C=O) groups excluding carboxylic acids is 2. The number of hydrogen-bond donors (Lipinski definition) is 1. The van der Waals surface area contributed by atoms with Crippen LogP contribution in [0, 0.1) is 5.92 Å². The number of aliphatic hydroxyl groups excluding tert-OH is 1. The van der Waals surface area contributed by atoms with Crippen molar-refractivity contribution in [2.75, 3.05) is 26.2 Å². The molecule has 0 saturated carbocycles. The summed E-state index contributed by atoms with van der Waals surface area (Å²) in [5.41, 5.74) is 0. The molecule has 0 aliphatic carbocycles. The Morgan fingerprint density at radius 1 is 1.56 bits per heavy atom. The summed E-state index contributed by atoms with van der Waals surface area (Å²) in [6.45, 7) is 6.30. The summed E-state index contributed by atoms with van der Waals surface area (Å²) in [4.78, 5) is 34.4. The maximum Gasteiger partial charge on any atom is 0.242 e. The summed E-state index contributed by atoms with van der Waals surface area (Å²) in [5, 5.41) is 6.76. The van der Waals surface area contributed by atoms with Crippen molar-refractivity contribution in [3.05, 3.63) is 5.92 Å². The Morgan fingerprint density at radius 3 is 2.44 bits per heavy atom. The second-order valence-electron chi connectivity index (χ2n) is 3.64. The zero-order valence-corrected chi connectivity index (χ0v) is 13.7. The van der Waals surface area contributed by atoms with E-state index in [2.05, 4.69) is 0 Å². The van der Waals surface area contributed by atoms with E-state index in [0.29, 0.717) is 32.0 Å². The van der Waals surface area contributed by atoms with E-state index in [9.17, 15) is 9.59 Å². The molecule has 1 aliphatic rings. The Bertz CT molecular complexity index is 315. The fraction of sp³-hybridized carbons (Fsp3) is 0.636. The fourth-order valence-corrected chi connectivity index (χ4v) is 1.38. The molecule has 1 atom stereocenters. The Kier molecular flexibility index (Phi) is 9.97. The maximum absolute atomic E-state index is 11.6. The number of nitrogens with zero attached hydrogens (tertiary/aromatic N) is 2. The minimum atomic E-state index is -1.07. The average molecular weight is 332 g/mol. The second kappa shape index (κ2) is 10.3. The maximum atomic E-state index is 11.6. The van der Waals surface area contributed by atoms with Crippen molar-refractivity contribution in [2.24, 2.45) is 0 Å². The van der Waals surface area contributed by atoms with Crippen molar-refractivity contribution in [3.8, 4) is 0 Å².